The number of para-hydroxylation sites is 1. The van der Waals surface area contributed by atoms with Crippen LogP contribution in [0.4, 0.5) is 32.0 Å². The van der Waals surface area contributed by atoms with E-state index >= 15 is 0 Å². The van der Waals surface area contributed by atoms with Gasteiger partial charge in [-0.05, 0) is 24.6 Å². The van der Waals surface area contributed by atoms with Crippen molar-refractivity contribution >= 4 is 28.4 Å². The highest BCUT2D eigenvalue weighted by Crippen LogP contribution is 2.42. The topological polar surface area (TPSA) is 109 Å². The van der Waals surface area contributed by atoms with Crippen molar-refractivity contribution in [2.75, 3.05) is 31.1 Å². The van der Waals surface area contributed by atoms with Crippen LogP contribution in [0.25, 0.3) is 10.9 Å². The maximum atomic E-state index is 14.2. The minimum Gasteiger partial charge on any atom is -0.368 e. The maximum absolute atomic E-state index is 14.2. The molecule has 40 heavy (non-hydrogen) atoms. The molecule has 0 saturated carbocycles. The molecule has 208 valence electrons. The number of hydrogen-bond donors (Lipinski definition) is 2. The van der Waals surface area contributed by atoms with E-state index in [-0.39, 0.29) is 36.0 Å². The average Bonchev–Trinajstić information content (AvgIpc) is 3.33. The second-order valence-electron chi connectivity index (χ2n) is 9.66. The number of nitrogens with one attached hydrogen (secondary N) is 2. The lowest BCUT2D eigenvalue weighted by Crippen LogP contribution is -2.58. The summed E-state index contributed by atoms with van der Waals surface area (Å²) < 4.78 is 83.4. The van der Waals surface area contributed by atoms with Gasteiger partial charge in [0, 0.05) is 30.6 Å². The van der Waals surface area contributed by atoms with Crippen LogP contribution >= 0.6 is 0 Å². The average molecular weight is 563 g/mol. The molecule has 2 aromatic carbocycles. The first kappa shape index (κ1) is 27.0. The van der Waals surface area contributed by atoms with Crippen LogP contribution in [0.15, 0.2) is 41.2 Å². The Balaban J connectivity index is 1.46. The summed E-state index contributed by atoms with van der Waals surface area (Å²) in [6.07, 6.45) is -4.86. The van der Waals surface area contributed by atoms with Gasteiger partial charge in [0.25, 0.3) is 17.7 Å². The summed E-state index contributed by atoms with van der Waals surface area (Å²) in [5, 5.41) is 12.0. The van der Waals surface area contributed by atoms with E-state index < -0.39 is 76.8 Å². The van der Waals surface area contributed by atoms with Crippen molar-refractivity contribution in [3.63, 3.8) is 0 Å². The third kappa shape index (κ3) is 4.94. The van der Waals surface area contributed by atoms with Crippen LogP contribution in [0.5, 0.6) is 0 Å². The first-order valence-corrected chi connectivity index (χ1v) is 12.0. The Bertz CT molecular complexity index is 1640. The van der Waals surface area contributed by atoms with Gasteiger partial charge in [0.05, 0.1) is 52.6 Å². The van der Waals surface area contributed by atoms with Crippen molar-refractivity contribution < 1.29 is 35.9 Å². The molecule has 3 aromatic rings. The van der Waals surface area contributed by atoms with Crippen molar-refractivity contribution in [1.82, 2.24) is 15.2 Å². The number of pyridine rings is 1. The van der Waals surface area contributed by atoms with E-state index in [4.69, 9.17) is 0 Å². The summed E-state index contributed by atoms with van der Waals surface area (Å²) in [6, 6.07) is 7.20. The van der Waals surface area contributed by atoms with Gasteiger partial charge in [-0.25, -0.2) is 13.2 Å². The van der Waals surface area contributed by atoms with E-state index in [1.54, 1.807) is 6.07 Å². The van der Waals surface area contributed by atoms with Crippen LogP contribution in [0.1, 0.15) is 38.3 Å². The third-order valence-corrected chi connectivity index (χ3v) is 6.82. The van der Waals surface area contributed by atoms with Gasteiger partial charge in [0.15, 0.2) is 0 Å². The number of hydrogen-bond acceptors (Lipinski definition) is 5. The van der Waals surface area contributed by atoms with Gasteiger partial charge < -0.3 is 20.1 Å². The Morgan fingerprint density at radius 3 is 2.50 bits per heavy atom. The van der Waals surface area contributed by atoms with Gasteiger partial charge >= 0.3 is 6.18 Å². The molecule has 2 saturated heterocycles. The Morgan fingerprint density at radius 1 is 1.12 bits per heavy atom. The normalized spacial score (nSPS) is 18.4. The molecule has 0 aliphatic carbocycles. The van der Waals surface area contributed by atoms with Gasteiger partial charge in [-0.1, -0.05) is 12.1 Å². The van der Waals surface area contributed by atoms with Crippen molar-refractivity contribution in [2.45, 2.75) is 24.6 Å². The van der Waals surface area contributed by atoms with Crippen LogP contribution in [-0.4, -0.2) is 59.8 Å². The van der Waals surface area contributed by atoms with Crippen LogP contribution in [-0.2, 0) is 6.18 Å². The highest BCUT2D eigenvalue weighted by molar-refractivity contribution is 6.06. The number of nitriles is 1. The van der Waals surface area contributed by atoms with E-state index in [0.717, 1.165) is 18.2 Å². The predicted octanol–water partition coefficient (Wildman–Crippen LogP) is 3.66. The zero-order valence-electron chi connectivity index (χ0n) is 20.4. The van der Waals surface area contributed by atoms with Gasteiger partial charge in [0.2, 0.25) is 5.56 Å². The molecule has 1 atom stereocenters. The standard InChI is InChI=1S/C26H19F6N5O3/c27-19-3-1-2-15-16(8-20(38)35-21(15)19)23(39)34-14-4-5-36(10-14)22-17(24(40)37-11-25(28,29)12-37)6-13(9-33)7-18(22)26(30,31)32/h1-3,6-8,14H,4-5,10-12H2,(H,34,39)(H,35,38)/t14-/m1/s1. The number of H-pyrrole nitrogens is 1. The SMILES string of the molecule is N#Cc1cc(C(=O)N2CC(F)(F)C2)c(N2CC[C@@H](NC(=O)c3cc(=O)[nH]c4c(F)cccc34)C2)c(C(F)(F)F)c1. The second-order valence-corrected chi connectivity index (χ2v) is 9.66. The van der Waals surface area contributed by atoms with E-state index in [1.807, 2.05) is 0 Å². The molecule has 8 nitrogen and oxygen atoms in total. The number of fused-ring (bicyclic) bond motifs is 1. The summed E-state index contributed by atoms with van der Waals surface area (Å²) in [5.41, 5.74) is -3.93. The van der Waals surface area contributed by atoms with Gasteiger partial charge in [-0.15, -0.1) is 0 Å². The largest absolute Gasteiger partial charge is 0.418 e. The lowest BCUT2D eigenvalue weighted by Gasteiger charge is -2.39. The molecule has 3 heterocycles. The zero-order valence-corrected chi connectivity index (χ0v) is 20.4. The van der Waals surface area contributed by atoms with E-state index in [2.05, 4.69) is 10.3 Å². The Labute approximate surface area is 221 Å². The maximum Gasteiger partial charge on any atom is 0.418 e. The predicted molar refractivity (Wildman–Crippen MR) is 130 cm³/mol. The zero-order chi connectivity index (χ0) is 29.0. The lowest BCUT2D eigenvalue weighted by atomic mass is 9.98. The second kappa shape index (κ2) is 9.58. The molecule has 0 bridgehead atoms. The van der Waals surface area contributed by atoms with E-state index in [0.29, 0.717) is 11.0 Å². The number of halogens is 6. The summed E-state index contributed by atoms with van der Waals surface area (Å²) in [4.78, 5) is 42.3. The van der Waals surface area contributed by atoms with Crippen molar-refractivity contribution in [3.05, 3.63) is 74.8 Å². The third-order valence-electron chi connectivity index (χ3n) is 6.82. The molecule has 2 aliphatic rings. The smallest absolute Gasteiger partial charge is 0.368 e. The van der Waals surface area contributed by atoms with Gasteiger partial charge in [0.1, 0.15) is 5.82 Å². The first-order valence-electron chi connectivity index (χ1n) is 12.0. The fourth-order valence-electron chi connectivity index (χ4n) is 5.02. The number of alkyl halides is 5. The number of amides is 2. The fraction of sp³-hybridized carbons (Fsp3) is 0.308. The lowest BCUT2D eigenvalue weighted by molar-refractivity contribution is -0.137. The molecule has 2 N–H and O–H groups in total. The summed E-state index contributed by atoms with van der Waals surface area (Å²) in [5.74, 6) is -5.75. The minimum absolute atomic E-state index is 0.0544. The molecular formula is C26H19F6N5O3. The quantitative estimate of drug-likeness (QED) is 0.471. The first-order chi connectivity index (χ1) is 18.8. The number of anilines is 1. The molecule has 0 unspecified atom stereocenters. The van der Waals surface area contributed by atoms with Crippen molar-refractivity contribution in [1.29, 1.82) is 5.26 Å². The van der Waals surface area contributed by atoms with Crippen molar-refractivity contribution in [3.8, 4) is 6.07 Å². The number of aromatic nitrogens is 1. The number of rotatable bonds is 4. The summed E-state index contributed by atoms with van der Waals surface area (Å²) >= 11 is 0. The number of likely N-dealkylation sites (tertiary alicyclic amines) is 1. The monoisotopic (exact) mass is 563 g/mol. The highest BCUT2D eigenvalue weighted by atomic mass is 19.4. The molecular weight excluding hydrogens is 544 g/mol. The number of carbonyl (C=O) groups is 2. The summed E-state index contributed by atoms with van der Waals surface area (Å²) in [7, 11) is 0. The number of benzene rings is 2. The fourth-order valence-corrected chi connectivity index (χ4v) is 5.02. The van der Waals surface area contributed by atoms with E-state index in [9.17, 15) is 46.0 Å². The van der Waals surface area contributed by atoms with Crippen LogP contribution in [0, 0.1) is 17.1 Å². The number of nitrogens with zero attached hydrogens (tertiary/aromatic N) is 3. The minimum atomic E-state index is -4.99. The molecule has 2 amide bonds. The van der Waals surface area contributed by atoms with Crippen LogP contribution in [0.3, 0.4) is 0 Å². The van der Waals surface area contributed by atoms with Crippen molar-refractivity contribution in [2.24, 2.45) is 0 Å². The van der Waals surface area contributed by atoms with Gasteiger partial charge in [-0.2, -0.15) is 18.4 Å². The Hall–Kier alpha value is -4.54. The molecule has 0 spiro atoms. The Kier molecular flexibility index (Phi) is 6.48. The highest BCUT2D eigenvalue weighted by Gasteiger charge is 2.48. The Morgan fingerprint density at radius 2 is 1.85 bits per heavy atom. The van der Waals surface area contributed by atoms with E-state index in [1.165, 1.54) is 17.0 Å². The molecule has 5 rings (SSSR count). The van der Waals surface area contributed by atoms with Crippen LogP contribution in [0.2, 0.25) is 0 Å². The molecule has 14 heteroatoms. The molecule has 0 radical (unpaired) electrons. The van der Waals surface area contributed by atoms with Gasteiger partial charge in [-0.3, -0.25) is 14.4 Å². The molecule has 2 aliphatic heterocycles. The number of aromatic amines is 1. The molecule has 2 fully saturated rings. The summed E-state index contributed by atoms with van der Waals surface area (Å²) in [6.45, 7) is -2.19. The number of carbonyl (C=O) groups excluding carboxylic acids is 2. The molecule has 1 aromatic heterocycles. The van der Waals surface area contributed by atoms with Crippen LogP contribution < -0.4 is 15.8 Å².